The summed E-state index contributed by atoms with van der Waals surface area (Å²) >= 11 is 0. The molecule has 130 valence electrons. The zero-order chi connectivity index (χ0) is 17.9. The van der Waals surface area contributed by atoms with Crippen molar-refractivity contribution in [1.29, 1.82) is 5.26 Å². The van der Waals surface area contributed by atoms with E-state index in [0.29, 0.717) is 17.9 Å². The van der Waals surface area contributed by atoms with Crippen molar-refractivity contribution in [1.82, 2.24) is 4.90 Å². The van der Waals surface area contributed by atoms with Crippen LogP contribution < -0.4 is 4.74 Å². The van der Waals surface area contributed by atoms with Crippen molar-refractivity contribution in [2.24, 2.45) is 0 Å². The van der Waals surface area contributed by atoms with Crippen LogP contribution in [-0.2, 0) is 4.74 Å². The number of methoxy groups -OCH3 is 1. The Bertz CT molecular complexity index is 664. The first kappa shape index (κ1) is 18.2. The molecule has 6 nitrogen and oxygen atoms in total. The fraction of sp³-hybridized carbons (Fsp3) is 0.556. The molecule has 0 spiro atoms. The Hall–Kier alpha value is -2.10. The fourth-order valence-electron chi connectivity index (χ4n) is 3.27. The van der Waals surface area contributed by atoms with Gasteiger partial charge in [-0.1, -0.05) is 13.8 Å². The van der Waals surface area contributed by atoms with Crippen molar-refractivity contribution < 1.29 is 19.4 Å². The van der Waals surface area contributed by atoms with E-state index in [9.17, 15) is 10.1 Å². The minimum Gasteiger partial charge on any atom is -0.496 e. The Kier molecular flexibility index (Phi) is 5.81. The number of nitriles is 1. The molecule has 1 N–H and O–H groups in total. The molecule has 1 heterocycles. The number of aliphatic hydroxyl groups is 1. The van der Waals surface area contributed by atoms with Crippen molar-refractivity contribution in [3.8, 4) is 11.8 Å². The van der Waals surface area contributed by atoms with E-state index in [0.717, 1.165) is 16.7 Å². The number of rotatable bonds is 7. The Balaban J connectivity index is 2.47. The van der Waals surface area contributed by atoms with Gasteiger partial charge in [0, 0.05) is 23.2 Å². The average Bonchev–Trinajstić information content (AvgIpc) is 2.83. The third-order valence-electron chi connectivity index (χ3n) is 4.26. The first-order chi connectivity index (χ1) is 11.5. The van der Waals surface area contributed by atoms with Crippen molar-refractivity contribution in [3.63, 3.8) is 0 Å². The number of carbonyl (C=O) groups is 1. The van der Waals surface area contributed by atoms with Crippen LogP contribution >= 0.6 is 0 Å². The molecule has 1 amide bonds. The summed E-state index contributed by atoms with van der Waals surface area (Å²) in [5.41, 5.74) is 3.09. The minimum absolute atomic E-state index is 0.0658. The topological polar surface area (TPSA) is 82.8 Å². The Morgan fingerprint density at radius 2 is 2.12 bits per heavy atom. The Morgan fingerprint density at radius 3 is 2.67 bits per heavy atom. The minimum atomic E-state index is -0.642. The number of ether oxygens (including phenoxy) is 2. The molecule has 0 fully saturated rings. The van der Waals surface area contributed by atoms with Crippen molar-refractivity contribution in [3.05, 3.63) is 28.3 Å². The smallest absolute Gasteiger partial charge is 0.255 e. The van der Waals surface area contributed by atoms with Crippen LogP contribution in [0.25, 0.3) is 0 Å². The highest BCUT2D eigenvalue weighted by molar-refractivity contribution is 6.02. The molecular formula is C18H24N2O4. The van der Waals surface area contributed by atoms with Crippen LogP contribution in [0.4, 0.5) is 0 Å². The van der Waals surface area contributed by atoms with Gasteiger partial charge < -0.3 is 19.5 Å². The summed E-state index contributed by atoms with van der Waals surface area (Å²) in [7, 11) is 1.60. The highest BCUT2D eigenvalue weighted by atomic mass is 16.5. The zero-order valence-electron chi connectivity index (χ0n) is 14.6. The predicted octanol–water partition coefficient (Wildman–Crippen LogP) is 2.16. The third-order valence-corrected chi connectivity index (χ3v) is 4.26. The van der Waals surface area contributed by atoms with Gasteiger partial charge >= 0.3 is 0 Å². The lowest BCUT2D eigenvalue weighted by Gasteiger charge is -2.22. The second-order valence-corrected chi connectivity index (χ2v) is 6.12. The first-order valence-electron chi connectivity index (χ1n) is 8.08. The number of hydrogen-bond donors (Lipinski definition) is 1. The maximum atomic E-state index is 12.9. The Labute approximate surface area is 142 Å². The molecule has 1 aromatic rings. The lowest BCUT2D eigenvalue weighted by atomic mass is 9.88. The molecule has 1 aliphatic rings. The lowest BCUT2D eigenvalue weighted by Crippen LogP contribution is -2.31. The maximum absolute atomic E-state index is 12.9. The van der Waals surface area contributed by atoms with E-state index in [4.69, 9.17) is 14.6 Å². The average molecular weight is 332 g/mol. The Morgan fingerprint density at radius 1 is 1.42 bits per heavy atom. The van der Waals surface area contributed by atoms with Crippen molar-refractivity contribution in [2.75, 3.05) is 33.5 Å². The standard InChI is InChI=1S/C18H24N2O4/c1-11(2)15-14(23-4)9-12(3)16-17(15)13(10-19)20(18(16)22)5-7-24-8-6-21/h9,11,13,21H,5-8H2,1-4H3. The highest BCUT2D eigenvalue weighted by Crippen LogP contribution is 2.44. The molecule has 0 saturated heterocycles. The number of carbonyl (C=O) groups excluding carboxylic acids is 1. The van der Waals surface area contributed by atoms with E-state index in [1.165, 1.54) is 0 Å². The largest absolute Gasteiger partial charge is 0.496 e. The highest BCUT2D eigenvalue weighted by Gasteiger charge is 2.41. The van der Waals surface area contributed by atoms with E-state index in [2.05, 4.69) is 6.07 Å². The van der Waals surface area contributed by atoms with E-state index >= 15 is 0 Å². The number of aryl methyl sites for hydroxylation is 1. The number of benzene rings is 1. The molecule has 24 heavy (non-hydrogen) atoms. The molecule has 1 aliphatic heterocycles. The molecule has 1 unspecified atom stereocenters. The van der Waals surface area contributed by atoms with E-state index in [-0.39, 0.29) is 31.6 Å². The van der Waals surface area contributed by atoms with Gasteiger partial charge in [-0.3, -0.25) is 4.79 Å². The fourth-order valence-corrected chi connectivity index (χ4v) is 3.27. The second-order valence-electron chi connectivity index (χ2n) is 6.12. The zero-order valence-corrected chi connectivity index (χ0v) is 14.6. The molecule has 2 rings (SSSR count). The molecular weight excluding hydrogens is 308 g/mol. The number of aliphatic hydroxyl groups excluding tert-OH is 1. The monoisotopic (exact) mass is 332 g/mol. The number of nitrogens with zero attached hydrogens (tertiary/aromatic N) is 2. The van der Waals surface area contributed by atoms with Crippen LogP contribution in [0.3, 0.4) is 0 Å². The van der Waals surface area contributed by atoms with Crippen LogP contribution in [-0.4, -0.2) is 49.4 Å². The molecule has 1 atom stereocenters. The van der Waals surface area contributed by atoms with Crippen LogP contribution in [0.5, 0.6) is 5.75 Å². The number of hydrogen-bond acceptors (Lipinski definition) is 5. The van der Waals surface area contributed by atoms with Gasteiger partial charge in [-0.2, -0.15) is 5.26 Å². The van der Waals surface area contributed by atoms with Crippen LogP contribution in [0.1, 0.15) is 52.9 Å². The van der Waals surface area contributed by atoms with Gasteiger partial charge in [0.05, 0.1) is 33.0 Å². The molecule has 0 saturated carbocycles. The summed E-state index contributed by atoms with van der Waals surface area (Å²) in [5, 5.41) is 18.5. The molecule has 0 aliphatic carbocycles. The summed E-state index contributed by atoms with van der Waals surface area (Å²) in [6, 6.07) is 3.49. The third kappa shape index (κ3) is 3.10. The van der Waals surface area contributed by atoms with E-state index in [1.807, 2.05) is 26.8 Å². The number of fused-ring (bicyclic) bond motifs is 1. The van der Waals surface area contributed by atoms with Crippen LogP contribution in [0.15, 0.2) is 6.07 Å². The second kappa shape index (κ2) is 7.65. The van der Waals surface area contributed by atoms with Crippen molar-refractivity contribution >= 4 is 5.91 Å². The van der Waals surface area contributed by atoms with E-state index < -0.39 is 6.04 Å². The van der Waals surface area contributed by atoms with Crippen LogP contribution in [0, 0.1) is 18.3 Å². The van der Waals surface area contributed by atoms with Gasteiger partial charge in [0.1, 0.15) is 11.8 Å². The van der Waals surface area contributed by atoms with Crippen molar-refractivity contribution in [2.45, 2.75) is 32.7 Å². The normalized spacial score (nSPS) is 16.5. The summed E-state index contributed by atoms with van der Waals surface area (Å²) < 4.78 is 10.8. The van der Waals surface area contributed by atoms with E-state index in [1.54, 1.807) is 12.0 Å². The SMILES string of the molecule is COc1cc(C)c2c(c1C(C)C)C(C#N)N(CCOCCO)C2=O. The molecule has 6 heteroatoms. The van der Waals surface area contributed by atoms with Gasteiger partial charge in [-0.05, 0) is 24.5 Å². The summed E-state index contributed by atoms with van der Waals surface area (Å²) in [6.45, 7) is 6.67. The van der Waals surface area contributed by atoms with Gasteiger partial charge in [0.15, 0.2) is 0 Å². The summed E-state index contributed by atoms with van der Waals surface area (Å²) in [4.78, 5) is 14.4. The van der Waals surface area contributed by atoms with Gasteiger partial charge in [-0.25, -0.2) is 0 Å². The molecule has 1 aromatic carbocycles. The van der Waals surface area contributed by atoms with Gasteiger partial charge in [0.25, 0.3) is 5.91 Å². The van der Waals surface area contributed by atoms with Crippen LogP contribution in [0.2, 0.25) is 0 Å². The maximum Gasteiger partial charge on any atom is 0.255 e. The summed E-state index contributed by atoms with van der Waals surface area (Å²) in [6.07, 6.45) is 0. The summed E-state index contributed by atoms with van der Waals surface area (Å²) in [5.74, 6) is 0.697. The number of amides is 1. The first-order valence-corrected chi connectivity index (χ1v) is 8.08. The molecule has 0 radical (unpaired) electrons. The lowest BCUT2D eigenvalue weighted by molar-refractivity contribution is 0.0557. The van der Waals surface area contributed by atoms with Gasteiger partial charge in [-0.15, -0.1) is 0 Å². The molecule has 0 aromatic heterocycles. The predicted molar refractivity (Wildman–Crippen MR) is 89.1 cm³/mol. The molecule has 0 bridgehead atoms. The quantitative estimate of drug-likeness (QED) is 0.774. The van der Waals surface area contributed by atoms with Gasteiger partial charge in [0.2, 0.25) is 0 Å².